The van der Waals surface area contributed by atoms with Crippen molar-refractivity contribution in [3.8, 4) is 22.6 Å². The summed E-state index contributed by atoms with van der Waals surface area (Å²) in [7, 11) is 1.71. The predicted molar refractivity (Wildman–Crippen MR) is 165 cm³/mol. The minimum absolute atomic E-state index is 0.864. The van der Waals surface area contributed by atoms with Crippen LogP contribution < -0.4 is 4.74 Å². The van der Waals surface area contributed by atoms with Gasteiger partial charge in [-0.3, -0.25) is 0 Å². The first-order valence-corrected chi connectivity index (χ1v) is 13.3. The van der Waals surface area contributed by atoms with Crippen molar-refractivity contribution in [1.29, 1.82) is 0 Å². The minimum Gasteiger partial charge on any atom is -0.497 e. The van der Waals surface area contributed by atoms with Gasteiger partial charge < -0.3 is 9.30 Å². The van der Waals surface area contributed by atoms with Gasteiger partial charge in [-0.05, 0) is 92.0 Å². The van der Waals surface area contributed by atoms with Crippen LogP contribution in [0.3, 0.4) is 0 Å². The molecule has 1 aromatic heterocycles. The third kappa shape index (κ3) is 3.28. The third-order valence-electron chi connectivity index (χ3n) is 8.05. The fourth-order valence-electron chi connectivity index (χ4n) is 6.25. The number of nitrogens with zero attached hydrogens (tertiary/aromatic N) is 1. The Bertz CT molecular complexity index is 2190. The topological polar surface area (TPSA) is 14.2 Å². The molecule has 0 unspecified atom stereocenters. The summed E-state index contributed by atoms with van der Waals surface area (Å²) in [5, 5.41) is 10.1. The molecule has 0 spiro atoms. The van der Waals surface area contributed by atoms with E-state index < -0.39 is 0 Å². The van der Waals surface area contributed by atoms with Gasteiger partial charge in [-0.15, -0.1) is 0 Å². The molecule has 0 aliphatic carbocycles. The quantitative estimate of drug-likeness (QED) is 0.221. The van der Waals surface area contributed by atoms with E-state index in [0.29, 0.717) is 0 Å². The summed E-state index contributed by atoms with van der Waals surface area (Å²) >= 11 is 0. The largest absolute Gasteiger partial charge is 0.497 e. The van der Waals surface area contributed by atoms with Gasteiger partial charge >= 0.3 is 0 Å². The number of ether oxygens (including phenoxy) is 1. The minimum atomic E-state index is 0.864. The average molecular weight is 500 g/mol. The zero-order valence-corrected chi connectivity index (χ0v) is 21.6. The summed E-state index contributed by atoms with van der Waals surface area (Å²) < 4.78 is 7.85. The van der Waals surface area contributed by atoms with Crippen molar-refractivity contribution in [2.45, 2.75) is 0 Å². The highest BCUT2D eigenvalue weighted by molar-refractivity contribution is 6.26. The molecule has 8 aromatic rings. The van der Waals surface area contributed by atoms with Crippen LogP contribution in [0, 0.1) is 0 Å². The fraction of sp³-hybridized carbons (Fsp3) is 0.0270. The molecule has 0 saturated carbocycles. The van der Waals surface area contributed by atoms with Gasteiger partial charge in [0.1, 0.15) is 5.75 Å². The Morgan fingerprint density at radius 3 is 2.05 bits per heavy atom. The molecule has 0 fully saturated rings. The maximum atomic E-state index is 5.46. The van der Waals surface area contributed by atoms with Gasteiger partial charge in [-0.1, -0.05) is 84.9 Å². The van der Waals surface area contributed by atoms with Gasteiger partial charge in [0.05, 0.1) is 18.1 Å². The van der Waals surface area contributed by atoms with E-state index in [-0.39, 0.29) is 0 Å². The van der Waals surface area contributed by atoms with Crippen molar-refractivity contribution in [1.82, 2.24) is 4.57 Å². The van der Waals surface area contributed by atoms with E-state index in [1.807, 2.05) is 12.1 Å². The lowest BCUT2D eigenvalue weighted by Crippen LogP contribution is -1.93. The Kier molecular flexibility index (Phi) is 4.77. The van der Waals surface area contributed by atoms with Crippen molar-refractivity contribution in [3.63, 3.8) is 0 Å². The molecule has 0 atom stereocenters. The van der Waals surface area contributed by atoms with E-state index in [1.54, 1.807) is 7.11 Å². The van der Waals surface area contributed by atoms with Gasteiger partial charge in [0, 0.05) is 16.5 Å². The zero-order chi connectivity index (χ0) is 25.9. The van der Waals surface area contributed by atoms with Crippen molar-refractivity contribution in [2.75, 3.05) is 7.11 Å². The predicted octanol–water partition coefficient (Wildman–Crippen LogP) is 9.92. The first-order valence-electron chi connectivity index (χ1n) is 13.3. The molecule has 0 bridgehead atoms. The summed E-state index contributed by atoms with van der Waals surface area (Å²) in [4.78, 5) is 0. The molecule has 2 nitrogen and oxygen atoms in total. The Labute approximate surface area is 226 Å². The second-order valence-corrected chi connectivity index (χ2v) is 10.1. The Balaban J connectivity index is 1.55. The smallest absolute Gasteiger partial charge is 0.118 e. The molecule has 7 aromatic carbocycles. The van der Waals surface area contributed by atoms with Crippen LogP contribution in [0.5, 0.6) is 5.75 Å². The van der Waals surface area contributed by atoms with E-state index in [4.69, 9.17) is 4.74 Å². The highest BCUT2D eigenvalue weighted by Crippen LogP contribution is 2.42. The maximum Gasteiger partial charge on any atom is 0.118 e. The van der Waals surface area contributed by atoms with Gasteiger partial charge in [-0.25, -0.2) is 0 Å². The first kappa shape index (κ1) is 22.0. The third-order valence-corrected chi connectivity index (χ3v) is 8.05. The molecular formula is C37H25NO. The Hall–Kier alpha value is -5.08. The molecule has 0 aliphatic rings. The van der Waals surface area contributed by atoms with Crippen LogP contribution in [0.4, 0.5) is 0 Å². The number of fused-ring (bicyclic) bond motifs is 8. The number of hydrogen-bond acceptors (Lipinski definition) is 1. The highest BCUT2D eigenvalue weighted by Gasteiger charge is 2.17. The number of benzene rings is 7. The summed E-state index contributed by atoms with van der Waals surface area (Å²) in [5.74, 6) is 0.864. The lowest BCUT2D eigenvalue weighted by atomic mass is 9.89. The SMILES string of the molecule is COc1ccc(-c2cc3cc4c(cc3c3ccc5ccccc5c23)c2ccccc2n4-c2ccccc2)cc1. The second kappa shape index (κ2) is 8.47. The van der Waals surface area contributed by atoms with Crippen LogP contribution >= 0.6 is 0 Å². The number of aromatic nitrogens is 1. The standard InChI is InChI=1S/C37H25NO/c1-39-28-18-15-25(16-19-28)33-21-26-22-36-34(23-32(26)31-20-17-24-9-5-6-12-29(24)37(31)33)30-13-7-8-14-35(30)38(36)27-10-3-2-4-11-27/h2-23H,1H3. The maximum absolute atomic E-state index is 5.46. The molecule has 184 valence electrons. The van der Waals surface area contributed by atoms with Crippen LogP contribution in [-0.4, -0.2) is 11.7 Å². The van der Waals surface area contributed by atoms with Crippen molar-refractivity contribution in [3.05, 3.63) is 133 Å². The molecule has 1 heterocycles. The lowest BCUT2D eigenvalue weighted by molar-refractivity contribution is 0.415. The Morgan fingerprint density at radius 1 is 0.487 bits per heavy atom. The normalized spacial score (nSPS) is 11.7. The fourth-order valence-corrected chi connectivity index (χ4v) is 6.25. The summed E-state index contributed by atoms with van der Waals surface area (Å²) in [5.41, 5.74) is 6.03. The Morgan fingerprint density at radius 2 is 1.23 bits per heavy atom. The van der Waals surface area contributed by atoms with E-state index in [2.05, 4.69) is 126 Å². The molecule has 0 radical (unpaired) electrons. The molecule has 0 saturated heterocycles. The average Bonchev–Trinajstić information content (AvgIpc) is 3.33. The van der Waals surface area contributed by atoms with Crippen LogP contribution in [-0.2, 0) is 0 Å². The molecule has 0 aliphatic heterocycles. The van der Waals surface area contributed by atoms with Gasteiger partial charge in [0.15, 0.2) is 0 Å². The van der Waals surface area contributed by atoms with E-state index in [9.17, 15) is 0 Å². The van der Waals surface area contributed by atoms with E-state index >= 15 is 0 Å². The number of rotatable bonds is 3. The van der Waals surface area contributed by atoms with Gasteiger partial charge in [0.25, 0.3) is 0 Å². The lowest BCUT2D eigenvalue weighted by Gasteiger charge is -2.15. The van der Waals surface area contributed by atoms with Crippen LogP contribution in [0.1, 0.15) is 0 Å². The van der Waals surface area contributed by atoms with Crippen molar-refractivity contribution < 1.29 is 4.74 Å². The molecular weight excluding hydrogens is 474 g/mol. The summed E-state index contributed by atoms with van der Waals surface area (Å²) in [6.07, 6.45) is 0. The van der Waals surface area contributed by atoms with Crippen LogP contribution in [0.15, 0.2) is 133 Å². The summed E-state index contributed by atoms with van der Waals surface area (Å²) in [6.45, 7) is 0. The van der Waals surface area contributed by atoms with Gasteiger partial charge in [0.2, 0.25) is 0 Å². The number of methoxy groups -OCH3 is 1. The highest BCUT2D eigenvalue weighted by atomic mass is 16.5. The van der Waals surface area contributed by atoms with E-state index in [0.717, 1.165) is 5.75 Å². The second-order valence-electron chi connectivity index (χ2n) is 10.1. The summed E-state index contributed by atoms with van der Waals surface area (Å²) in [6, 6.07) is 48.2. The van der Waals surface area contributed by atoms with Crippen molar-refractivity contribution in [2.24, 2.45) is 0 Å². The molecule has 39 heavy (non-hydrogen) atoms. The molecule has 2 heteroatoms. The van der Waals surface area contributed by atoms with Crippen LogP contribution in [0.25, 0.3) is 70.9 Å². The van der Waals surface area contributed by atoms with Crippen molar-refractivity contribution >= 4 is 54.1 Å². The monoisotopic (exact) mass is 499 g/mol. The van der Waals surface area contributed by atoms with E-state index in [1.165, 1.54) is 70.9 Å². The first-order chi connectivity index (χ1) is 19.3. The number of para-hydroxylation sites is 2. The molecule has 0 amide bonds. The zero-order valence-electron chi connectivity index (χ0n) is 21.6. The number of hydrogen-bond donors (Lipinski definition) is 0. The van der Waals surface area contributed by atoms with Gasteiger partial charge in [-0.2, -0.15) is 0 Å². The molecule has 8 rings (SSSR count). The van der Waals surface area contributed by atoms with Crippen LogP contribution in [0.2, 0.25) is 0 Å². The molecule has 0 N–H and O–H groups in total.